The molecule has 9 heteroatoms. The van der Waals surface area contributed by atoms with E-state index >= 15 is 0 Å². The minimum atomic E-state index is -3.80. The van der Waals surface area contributed by atoms with Crippen LogP contribution >= 0.6 is 0 Å². The highest BCUT2D eigenvalue weighted by molar-refractivity contribution is 7.92. The molecule has 1 N–H and O–H groups in total. The van der Waals surface area contributed by atoms with E-state index in [1.54, 1.807) is 11.0 Å². The number of para-hydroxylation sites is 1. The van der Waals surface area contributed by atoms with Gasteiger partial charge in [0.05, 0.1) is 11.9 Å². The summed E-state index contributed by atoms with van der Waals surface area (Å²) >= 11 is 0. The van der Waals surface area contributed by atoms with Crippen molar-refractivity contribution in [3.05, 3.63) is 101 Å². The molecule has 220 valence electrons. The van der Waals surface area contributed by atoms with Crippen LogP contribution in [0.4, 0.5) is 10.1 Å². The first-order valence-corrected chi connectivity index (χ1v) is 15.5. The molecule has 0 fully saturated rings. The number of nitrogens with zero attached hydrogens (tertiary/aromatic N) is 2. The van der Waals surface area contributed by atoms with Crippen molar-refractivity contribution in [1.29, 1.82) is 0 Å². The van der Waals surface area contributed by atoms with E-state index in [0.29, 0.717) is 6.42 Å². The Morgan fingerprint density at radius 1 is 0.927 bits per heavy atom. The Bertz CT molecular complexity index is 1440. The minimum Gasteiger partial charge on any atom is -0.350 e. The molecule has 0 heterocycles. The summed E-state index contributed by atoms with van der Waals surface area (Å²) in [6, 6.07) is 22.1. The van der Waals surface area contributed by atoms with Gasteiger partial charge >= 0.3 is 0 Å². The molecule has 0 spiro atoms. The summed E-state index contributed by atoms with van der Waals surface area (Å²) in [6.07, 6.45) is 1.44. The largest absolute Gasteiger partial charge is 0.350 e. The third kappa shape index (κ3) is 9.70. The third-order valence-corrected chi connectivity index (χ3v) is 7.66. The number of carbonyl (C=O) groups is 2. The molecule has 7 nitrogen and oxygen atoms in total. The van der Waals surface area contributed by atoms with Crippen LogP contribution in [-0.2, 0) is 32.6 Å². The lowest BCUT2D eigenvalue weighted by molar-refractivity contribution is -0.142. The van der Waals surface area contributed by atoms with Crippen molar-refractivity contribution in [2.24, 2.45) is 0 Å². The molecule has 1 atom stereocenters. The summed E-state index contributed by atoms with van der Waals surface area (Å²) in [7, 11) is -3.80. The molecule has 0 saturated carbocycles. The van der Waals surface area contributed by atoms with Crippen LogP contribution in [0.25, 0.3) is 0 Å². The van der Waals surface area contributed by atoms with E-state index in [0.717, 1.165) is 27.3 Å². The monoisotopic (exact) mass is 581 g/mol. The molecule has 0 aromatic heterocycles. The number of carbonyl (C=O) groups excluding carboxylic acids is 2. The summed E-state index contributed by atoms with van der Waals surface area (Å²) in [5.74, 6) is -1.22. The zero-order valence-corrected chi connectivity index (χ0v) is 25.2. The molecule has 3 rings (SSSR count). The highest BCUT2D eigenvalue weighted by Gasteiger charge is 2.32. The van der Waals surface area contributed by atoms with Crippen molar-refractivity contribution in [2.75, 3.05) is 17.1 Å². The van der Waals surface area contributed by atoms with Crippen LogP contribution in [0.5, 0.6) is 0 Å². The van der Waals surface area contributed by atoms with E-state index < -0.39 is 27.4 Å². The predicted molar refractivity (Wildman–Crippen MR) is 161 cm³/mol. The maximum atomic E-state index is 14.5. The summed E-state index contributed by atoms with van der Waals surface area (Å²) in [6.45, 7) is 7.75. The fraction of sp³-hybridized carbons (Fsp3) is 0.375. The second kappa shape index (κ2) is 13.8. The number of hydrogen-bond donors (Lipinski definition) is 1. The van der Waals surface area contributed by atoms with E-state index in [-0.39, 0.29) is 43.4 Å². The number of hydrogen-bond acceptors (Lipinski definition) is 4. The summed E-state index contributed by atoms with van der Waals surface area (Å²) in [5.41, 5.74) is 2.24. The topological polar surface area (TPSA) is 86.8 Å². The molecule has 0 radical (unpaired) electrons. The molecule has 0 aliphatic rings. The van der Waals surface area contributed by atoms with Gasteiger partial charge in [-0.25, -0.2) is 12.8 Å². The molecule has 0 aliphatic carbocycles. The first-order valence-electron chi connectivity index (χ1n) is 13.7. The van der Waals surface area contributed by atoms with Gasteiger partial charge in [-0.1, -0.05) is 72.3 Å². The van der Waals surface area contributed by atoms with Crippen LogP contribution < -0.4 is 9.62 Å². The van der Waals surface area contributed by atoms with Crippen molar-refractivity contribution >= 4 is 27.5 Å². The first-order chi connectivity index (χ1) is 19.2. The lowest BCUT2D eigenvalue weighted by Crippen LogP contribution is -2.54. The average Bonchev–Trinajstić information content (AvgIpc) is 2.88. The minimum absolute atomic E-state index is 0.0274. The molecular weight excluding hydrogens is 541 g/mol. The molecule has 3 aromatic rings. The second-order valence-electron chi connectivity index (χ2n) is 11.3. The molecule has 3 aromatic carbocycles. The van der Waals surface area contributed by atoms with Gasteiger partial charge in [0, 0.05) is 31.5 Å². The smallest absolute Gasteiger partial charge is 0.243 e. The Labute approximate surface area is 243 Å². The van der Waals surface area contributed by atoms with Crippen LogP contribution in [0.15, 0.2) is 78.9 Å². The van der Waals surface area contributed by atoms with Crippen LogP contribution in [0, 0.1) is 12.7 Å². The highest BCUT2D eigenvalue weighted by Crippen LogP contribution is 2.23. The second-order valence-corrected chi connectivity index (χ2v) is 13.3. The van der Waals surface area contributed by atoms with Crippen LogP contribution in [0.1, 0.15) is 50.3 Å². The summed E-state index contributed by atoms with van der Waals surface area (Å²) < 4.78 is 40.5. The zero-order chi connectivity index (χ0) is 30.2. The maximum absolute atomic E-state index is 14.5. The van der Waals surface area contributed by atoms with E-state index in [4.69, 9.17) is 0 Å². The van der Waals surface area contributed by atoms with Crippen molar-refractivity contribution in [3.63, 3.8) is 0 Å². The number of halogens is 1. The number of amides is 2. The molecular formula is C32H40FN3O4S. The molecule has 0 aliphatic heterocycles. The Hall–Kier alpha value is -3.72. The Balaban J connectivity index is 1.91. The first kappa shape index (κ1) is 31.8. The van der Waals surface area contributed by atoms with E-state index in [1.165, 1.54) is 18.2 Å². The van der Waals surface area contributed by atoms with E-state index in [9.17, 15) is 22.4 Å². The predicted octanol–water partition coefficient (Wildman–Crippen LogP) is 5.24. The van der Waals surface area contributed by atoms with Crippen molar-refractivity contribution in [1.82, 2.24) is 10.2 Å². The number of rotatable bonds is 12. The van der Waals surface area contributed by atoms with Gasteiger partial charge < -0.3 is 10.2 Å². The average molecular weight is 582 g/mol. The fourth-order valence-corrected chi connectivity index (χ4v) is 5.62. The van der Waals surface area contributed by atoms with Crippen LogP contribution in [0.2, 0.25) is 0 Å². The quantitative estimate of drug-likeness (QED) is 0.317. The number of sulfonamides is 1. The van der Waals surface area contributed by atoms with Gasteiger partial charge in [0.2, 0.25) is 21.8 Å². The van der Waals surface area contributed by atoms with Gasteiger partial charge in [0.15, 0.2) is 0 Å². The van der Waals surface area contributed by atoms with Gasteiger partial charge in [-0.3, -0.25) is 13.9 Å². The summed E-state index contributed by atoms with van der Waals surface area (Å²) in [4.78, 5) is 29.1. The van der Waals surface area contributed by atoms with Gasteiger partial charge in [0.1, 0.15) is 11.9 Å². The third-order valence-electron chi connectivity index (χ3n) is 6.48. The molecule has 0 bridgehead atoms. The Morgan fingerprint density at radius 3 is 2.17 bits per heavy atom. The number of anilines is 1. The SMILES string of the molecule is Cc1cccc(CN(C(=O)CCCN(c2ccccc2F)S(C)(=O)=O)[C@@H](Cc2ccccc2)C(=O)NC(C)(C)C)c1. The Kier molecular flexibility index (Phi) is 10.7. The van der Waals surface area contributed by atoms with E-state index in [2.05, 4.69) is 5.32 Å². The van der Waals surface area contributed by atoms with Crippen LogP contribution in [0.3, 0.4) is 0 Å². The Morgan fingerprint density at radius 2 is 1.56 bits per heavy atom. The molecule has 41 heavy (non-hydrogen) atoms. The zero-order valence-electron chi connectivity index (χ0n) is 24.4. The van der Waals surface area contributed by atoms with Gasteiger partial charge in [-0.05, 0) is 57.4 Å². The normalized spacial score (nSPS) is 12.4. The highest BCUT2D eigenvalue weighted by atomic mass is 32.2. The number of aryl methyl sites for hydroxylation is 1. The van der Waals surface area contributed by atoms with Crippen LogP contribution in [-0.4, -0.2) is 49.5 Å². The molecule has 2 amide bonds. The van der Waals surface area contributed by atoms with Crippen molar-refractivity contribution in [3.8, 4) is 0 Å². The lowest BCUT2D eigenvalue weighted by Gasteiger charge is -2.34. The molecule has 0 saturated heterocycles. The summed E-state index contributed by atoms with van der Waals surface area (Å²) in [5, 5.41) is 3.03. The van der Waals surface area contributed by atoms with Gasteiger partial charge in [-0.2, -0.15) is 0 Å². The fourth-order valence-electron chi connectivity index (χ4n) is 4.65. The van der Waals surface area contributed by atoms with Gasteiger partial charge in [0.25, 0.3) is 0 Å². The van der Waals surface area contributed by atoms with Crippen molar-refractivity contribution < 1.29 is 22.4 Å². The maximum Gasteiger partial charge on any atom is 0.243 e. The number of nitrogens with one attached hydrogen (secondary N) is 1. The van der Waals surface area contributed by atoms with Crippen molar-refractivity contribution in [2.45, 2.75) is 65.1 Å². The van der Waals surface area contributed by atoms with E-state index in [1.807, 2.05) is 82.3 Å². The standard InChI is InChI=1S/C32H40FN3O4S/c1-24-13-11-16-26(21-24)23-35(29(31(38)34-32(2,3)4)22-25-14-7-6-8-15-25)30(37)19-12-20-36(41(5,39)40)28-18-10-9-17-27(28)33/h6-11,13-18,21,29H,12,19-20,22-23H2,1-5H3,(H,34,38)/t29-/m0/s1. The van der Waals surface area contributed by atoms with Gasteiger partial charge in [-0.15, -0.1) is 0 Å². The number of benzene rings is 3. The molecule has 0 unspecified atom stereocenters. The lowest BCUT2D eigenvalue weighted by atomic mass is 10.00.